The molecule has 2 N–H and O–H groups in total. The predicted octanol–water partition coefficient (Wildman–Crippen LogP) is 2.25. The van der Waals surface area contributed by atoms with Gasteiger partial charge in [-0.05, 0) is 32.1 Å². The first kappa shape index (κ1) is 15.2. The largest absolute Gasteiger partial charge is 0.381 e. The van der Waals surface area contributed by atoms with Crippen LogP contribution in [0.4, 0.5) is 0 Å². The number of hydrogen-bond acceptors (Lipinski definition) is 4. The SMILES string of the molecule is CCC(N)(CC)COC1CCOC2(CCOCC2)C1. The lowest BCUT2D eigenvalue weighted by Gasteiger charge is -2.43. The Labute approximate surface area is 117 Å². The highest BCUT2D eigenvalue weighted by Gasteiger charge is 2.39. The number of nitrogens with two attached hydrogens (primary N) is 1. The lowest BCUT2D eigenvalue weighted by Crippen LogP contribution is -2.49. The third-order valence-electron chi connectivity index (χ3n) is 4.87. The summed E-state index contributed by atoms with van der Waals surface area (Å²) in [7, 11) is 0. The molecule has 0 radical (unpaired) electrons. The average molecular weight is 271 g/mol. The van der Waals surface area contributed by atoms with Crippen LogP contribution in [0.5, 0.6) is 0 Å². The van der Waals surface area contributed by atoms with Crippen LogP contribution in [0.3, 0.4) is 0 Å². The Morgan fingerprint density at radius 2 is 1.89 bits per heavy atom. The van der Waals surface area contributed by atoms with Gasteiger partial charge in [0, 0.05) is 31.8 Å². The van der Waals surface area contributed by atoms with Crippen LogP contribution in [0.25, 0.3) is 0 Å². The van der Waals surface area contributed by atoms with Crippen molar-refractivity contribution < 1.29 is 14.2 Å². The Kier molecular flexibility index (Phi) is 5.23. The van der Waals surface area contributed by atoms with Gasteiger partial charge < -0.3 is 19.9 Å². The number of hydrogen-bond donors (Lipinski definition) is 1. The molecule has 112 valence electrons. The predicted molar refractivity (Wildman–Crippen MR) is 75.2 cm³/mol. The van der Waals surface area contributed by atoms with Gasteiger partial charge in [-0.15, -0.1) is 0 Å². The lowest BCUT2D eigenvalue weighted by atomic mass is 9.85. The molecule has 2 rings (SSSR count). The van der Waals surface area contributed by atoms with E-state index >= 15 is 0 Å². The maximum Gasteiger partial charge on any atom is 0.0751 e. The zero-order valence-electron chi connectivity index (χ0n) is 12.5. The zero-order chi connectivity index (χ0) is 13.8. The van der Waals surface area contributed by atoms with Crippen LogP contribution >= 0.6 is 0 Å². The van der Waals surface area contributed by atoms with Crippen LogP contribution in [-0.4, -0.2) is 43.7 Å². The maximum atomic E-state index is 6.31. The van der Waals surface area contributed by atoms with Crippen molar-refractivity contribution in [2.45, 2.75) is 69.6 Å². The molecule has 2 saturated heterocycles. The van der Waals surface area contributed by atoms with Crippen LogP contribution < -0.4 is 5.73 Å². The standard InChI is InChI=1S/C15H29NO3/c1-3-14(16,4-2)12-18-13-5-8-19-15(11-13)6-9-17-10-7-15/h13H,3-12,16H2,1-2H3. The van der Waals surface area contributed by atoms with Gasteiger partial charge in [0.1, 0.15) is 0 Å². The molecule has 1 unspecified atom stereocenters. The fraction of sp³-hybridized carbons (Fsp3) is 1.00. The van der Waals surface area contributed by atoms with E-state index in [1.165, 1.54) is 0 Å². The van der Waals surface area contributed by atoms with Crippen LogP contribution in [0, 0.1) is 0 Å². The molecule has 0 aromatic heterocycles. The molecule has 19 heavy (non-hydrogen) atoms. The molecule has 2 aliphatic heterocycles. The minimum Gasteiger partial charge on any atom is -0.381 e. The molecule has 0 amide bonds. The second kappa shape index (κ2) is 6.53. The highest BCUT2D eigenvalue weighted by atomic mass is 16.5. The summed E-state index contributed by atoms with van der Waals surface area (Å²) < 4.78 is 17.6. The normalized spacial score (nSPS) is 27.6. The lowest BCUT2D eigenvalue weighted by molar-refractivity contribution is -0.172. The van der Waals surface area contributed by atoms with Crippen LogP contribution in [0.2, 0.25) is 0 Å². The Morgan fingerprint density at radius 3 is 2.53 bits per heavy atom. The van der Waals surface area contributed by atoms with Gasteiger partial charge in [-0.2, -0.15) is 0 Å². The van der Waals surface area contributed by atoms with Crippen molar-refractivity contribution in [2.75, 3.05) is 26.4 Å². The Bertz CT molecular complexity index is 267. The molecule has 0 aromatic carbocycles. The summed E-state index contributed by atoms with van der Waals surface area (Å²) in [6.07, 6.45) is 6.22. The summed E-state index contributed by atoms with van der Waals surface area (Å²) in [6.45, 7) is 7.38. The van der Waals surface area contributed by atoms with E-state index in [0.29, 0.717) is 12.7 Å². The highest BCUT2D eigenvalue weighted by molar-refractivity contribution is 4.90. The molecule has 4 heteroatoms. The van der Waals surface area contributed by atoms with Gasteiger partial charge in [0.15, 0.2) is 0 Å². The molecule has 1 atom stereocenters. The molecule has 2 aliphatic rings. The van der Waals surface area contributed by atoms with Gasteiger partial charge in [-0.25, -0.2) is 0 Å². The van der Waals surface area contributed by atoms with E-state index in [1.807, 2.05) is 0 Å². The van der Waals surface area contributed by atoms with Crippen molar-refractivity contribution in [3.05, 3.63) is 0 Å². The van der Waals surface area contributed by atoms with Gasteiger partial charge in [0.2, 0.25) is 0 Å². The summed E-state index contributed by atoms with van der Waals surface area (Å²) in [5.41, 5.74) is 6.15. The number of ether oxygens (including phenoxy) is 3. The zero-order valence-corrected chi connectivity index (χ0v) is 12.5. The molecular weight excluding hydrogens is 242 g/mol. The summed E-state index contributed by atoms with van der Waals surface area (Å²) >= 11 is 0. The molecule has 4 nitrogen and oxygen atoms in total. The summed E-state index contributed by atoms with van der Waals surface area (Å²) in [5.74, 6) is 0. The first-order valence-corrected chi connectivity index (χ1v) is 7.74. The molecule has 0 bridgehead atoms. The topological polar surface area (TPSA) is 53.7 Å². The first-order chi connectivity index (χ1) is 9.11. The van der Waals surface area contributed by atoms with E-state index in [-0.39, 0.29) is 11.1 Å². The van der Waals surface area contributed by atoms with Crippen molar-refractivity contribution in [3.63, 3.8) is 0 Å². The summed E-state index contributed by atoms with van der Waals surface area (Å²) in [5, 5.41) is 0. The smallest absolute Gasteiger partial charge is 0.0751 e. The Balaban J connectivity index is 1.84. The summed E-state index contributed by atoms with van der Waals surface area (Å²) in [4.78, 5) is 0. The monoisotopic (exact) mass is 271 g/mol. The highest BCUT2D eigenvalue weighted by Crippen LogP contribution is 2.35. The van der Waals surface area contributed by atoms with Gasteiger partial charge >= 0.3 is 0 Å². The first-order valence-electron chi connectivity index (χ1n) is 7.74. The molecule has 0 saturated carbocycles. The van der Waals surface area contributed by atoms with E-state index in [1.54, 1.807) is 0 Å². The average Bonchev–Trinajstić information content (AvgIpc) is 2.46. The minimum absolute atomic E-state index is 0.0108. The van der Waals surface area contributed by atoms with Gasteiger partial charge in [-0.1, -0.05) is 13.8 Å². The Hall–Kier alpha value is -0.160. The van der Waals surface area contributed by atoms with Crippen molar-refractivity contribution in [1.82, 2.24) is 0 Å². The fourth-order valence-corrected chi connectivity index (χ4v) is 2.95. The van der Waals surface area contributed by atoms with E-state index in [2.05, 4.69) is 13.8 Å². The second-order valence-electron chi connectivity index (χ2n) is 6.14. The van der Waals surface area contributed by atoms with Crippen LogP contribution in [0.1, 0.15) is 52.4 Å². The summed E-state index contributed by atoms with van der Waals surface area (Å²) in [6, 6.07) is 0. The third kappa shape index (κ3) is 3.91. The van der Waals surface area contributed by atoms with Crippen LogP contribution in [0.15, 0.2) is 0 Å². The van der Waals surface area contributed by atoms with Crippen molar-refractivity contribution in [1.29, 1.82) is 0 Å². The third-order valence-corrected chi connectivity index (χ3v) is 4.87. The van der Waals surface area contributed by atoms with Crippen molar-refractivity contribution in [3.8, 4) is 0 Å². The van der Waals surface area contributed by atoms with E-state index < -0.39 is 0 Å². The van der Waals surface area contributed by atoms with E-state index in [0.717, 1.165) is 58.3 Å². The molecular formula is C15H29NO3. The van der Waals surface area contributed by atoms with Gasteiger partial charge in [-0.3, -0.25) is 0 Å². The van der Waals surface area contributed by atoms with Crippen molar-refractivity contribution in [2.24, 2.45) is 5.73 Å². The molecule has 1 spiro atoms. The van der Waals surface area contributed by atoms with Gasteiger partial charge in [0.25, 0.3) is 0 Å². The number of rotatable bonds is 5. The minimum atomic E-state index is -0.166. The fourth-order valence-electron chi connectivity index (χ4n) is 2.95. The second-order valence-corrected chi connectivity index (χ2v) is 6.14. The van der Waals surface area contributed by atoms with E-state index in [4.69, 9.17) is 19.9 Å². The van der Waals surface area contributed by atoms with Gasteiger partial charge in [0.05, 0.1) is 18.3 Å². The Morgan fingerprint density at radius 1 is 1.21 bits per heavy atom. The molecule has 2 heterocycles. The quantitative estimate of drug-likeness (QED) is 0.833. The molecule has 2 fully saturated rings. The molecule has 0 aliphatic carbocycles. The van der Waals surface area contributed by atoms with Crippen LogP contribution in [-0.2, 0) is 14.2 Å². The van der Waals surface area contributed by atoms with E-state index in [9.17, 15) is 0 Å². The van der Waals surface area contributed by atoms with Crippen molar-refractivity contribution >= 4 is 0 Å². The maximum absolute atomic E-state index is 6.31. The molecule has 0 aromatic rings.